The number of Topliss-reactive ketones (excluding diaryl/α,β-unsaturated/α-hetero) is 1. The number of aliphatic hydroxyl groups excluding tert-OH is 1. The number of fused-ring (bicyclic) bond motifs is 6. The van der Waals surface area contributed by atoms with E-state index in [1.54, 1.807) is 6.08 Å². The second kappa shape index (κ2) is 14.0. The normalized spacial score (nSPS) is 18.9. The van der Waals surface area contributed by atoms with E-state index < -0.39 is 26.7 Å². The van der Waals surface area contributed by atoms with Crippen molar-refractivity contribution in [1.29, 1.82) is 0 Å². The Morgan fingerprint density at radius 3 is 2.09 bits per heavy atom. The highest BCUT2D eigenvalue weighted by Gasteiger charge is 2.51. The molecule has 4 aromatic rings. The van der Waals surface area contributed by atoms with Gasteiger partial charge in [-0.1, -0.05) is 102 Å². The van der Waals surface area contributed by atoms with Gasteiger partial charge in [-0.15, -0.1) is 4.28 Å². The van der Waals surface area contributed by atoms with Crippen molar-refractivity contribution >= 4 is 60.5 Å². The Balaban J connectivity index is 1.34. The topological polar surface area (TPSA) is 113 Å². The van der Waals surface area contributed by atoms with E-state index in [1.807, 2.05) is 107 Å². The molecule has 1 aliphatic carbocycles. The highest BCUT2D eigenvalue weighted by Crippen LogP contribution is 2.52. The Kier molecular flexibility index (Phi) is 9.64. The number of benzene rings is 4. The van der Waals surface area contributed by atoms with Gasteiger partial charge in [-0.3, -0.25) is 4.79 Å². The number of rotatable bonds is 12. The Morgan fingerprint density at radius 1 is 0.815 bits per heavy atom. The molecular weight excluding hydrogens is 701 g/mol. The molecule has 1 N–H and O–H groups in total. The Bertz CT molecular complexity index is 2470. The first-order chi connectivity index (χ1) is 25.7. The Labute approximate surface area is 316 Å². The monoisotopic (exact) mass is 747 g/mol. The molecule has 0 spiro atoms. The predicted octanol–water partition coefficient (Wildman–Crippen LogP) is 9.47. The maximum absolute atomic E-state index is 14.1. The molecule has 0 amide bonds. The summed E-state index contributed by atoms with van der Waals surface area (Å²) in [7, 11) is -4.00. The second-order valence-electron chi connectivity index (χ2n) is 15.4. The summed E-state index contributed by atoms with van der Waals surface area (Å²) in [5, 5.41) is 16.9. The third kappa shape index (κ3) is 6.25. The summed E-state index contributed by atoms with van der Waals surface area (Å²) in [5.74, 6) is -1.21. The molecule has 2 heterocycles. The van der Waals surface area contributed by atoms with Gasteiger partial charge in [0.05, 0.1) is 45.7 Å². The average molecular weight is 748 g/mol. The van der Waals surface area contributed by atoms with Gasteiger partial charge in [0.25, 0.3) is 15.8 Å². The molecular formula is C44H47N2O7S+. The molecule has 0 fully saturated rings. The fraction of sp³-hybridized carbons (Fsp3) is 0.341. The van der Waals surface area contributed by atoms with Crippen LogP contribution >= 0.6 is 0 Å². The van der Waals surface area contributed by atoms with Gasteiger partial charge in [0, 0.05) is 22.3 Å². The van der Waals surface area contributed by atoms with Crippen molar-refractivity contribution in [2.75, 3.05) is 10.8 Å². The van der Waals surface area contributed by atoms with Crippen LogP contribution in [0.25, 0.3) is 21.5 Å². The van der Waals surface area contributed by atoms with Crippen molar-refractivity contribution in [1.82, 2.24) is 0 Å². The number of nitrogens with zero attached hydrogens (tertiary/aromatic N) is 2. The first-order valence-corrected chi connectivity index (χ1v) is 20.4. The smallest absolute Gasteiger partial charge is 0.380 e. The molecule has 0 atom stereocenters. The van der Waals surface area contributed by atoms with Crippen LogP contribution in [-0.2, 0) is 39.7 Å². The number of aliphatic hydroxyl groups is 1. The van der Waals surface area contributed by atoms with Crippen LogP contribution in [-0.4, -0.2) is 41.5 Å². The molecule has 0 aromatic heterocycles. The lowest BCUT2D eigenvalue weighted by Crippen LogP contribution is -2.33. The number of anilines is 1. The summed E-state index contributed by atoms with van der Waals surface area (Å²) in [6.45, 7) is 11.9. The number of hydrogen-bond acceptors (Lipinski definition) is 8. The SMILES string of the molecule is CCCCCC(=O)O[N+]1=C(/C=C2\C(=O)C(/C=C3/N(OS(=O)(=O)CCCC)c4ccc5ccccc5c4C3(C)C)=C2O)C(C)(C)c2c1ccc1ccccc21. The molecule has 280 valence electrons. The number of carbonyl (C=O) groups is 2. The molecule has 2 aliphatic heterocycles. The molecule has 0 bridgehead atoms. The van der Waals surface area contributed by atoms with Gasteiger partial charge >= 0.3 is 5.97 Å². The van der Waals surface area contributed by atoms with E-state index in [0.717, 1.165) is 45.5 Å². The fourth-order valence-corrected chi connectivity index (χ4v) is 9.08. The zero-order chi connectivity index (χ0) is 38.6. The van der Waals surface area contributed by atoms with E-state index in [4.69, 9.17) is 9.12 Å². The lowest BCUT2D eigenvalue weighted by atomic mass is 9.76. The Hall–Kier alpha value is -5.06. The minimum absolute atomic E-state index is 0.0310. The first kappa shape index (κ1) is 37.3. The highest BCUT2D eigenvalue weighted by atomic mass is 32.2. The lowest BCUT2D eigenvalue weighted by molar-refractivity contribution is -0.698. The van der Waals surface area contributed by atoms with Gasteiger partial charge in [-0.05, 0) is 72.0 Å². The van der Waals surface area contributed by atoms with E-state index in [-0.39, 0.29) is 35.0 Å². The van der Waals surface area contributed by atoms with E-state index >= 15 is 0 Å². The molecule has 4 aromatic carbocycles. The van der Waals surface area contributed by atoms with Gasteiger partial charge in [-0.25, -0.2) is 9.86 Å². The van der Waals surface area contributed by atoms with E-state index in [2.05, 4.69) is 6.92 Å². The summed E-state index contributed by atoms with van der Waals surface area (Å²) < 4.78 is 33.9. The van der Waals surface area contributed by atoms with Crippen molar-refractivity contribution in [3.05, 3.63) is 119 Å². The highest BCUT2D eigenvalue weighted by molar-refractivity contribution is 7.86. The fourth-order valence-electron chi connectivity index (χ4n) is 7.98. The number of hydroxylamine groups is 1. The third-order valence-corrected chi connectivity index (χ3v) is 12.1. The van der Waals surface area contributed by atoms with E-state index in [9.17, 15) is 23.1 Å². The van der Waals surface area contributed by atoms with E-state index in [1.165, 1.54) is 15.9 Å². The molecule has 0 saturated heterocycles. The average Bonchev–Trinajstić information content (AvgIpc) is 3.49. The predicted molar refractivity (Wildman–Crippen MR) is 212 cm³/mol. The van der Waals surface area contributed by atoms with Crippen molar-refractivity contribution in [3.8, 4) is 0 Å². The maximum atomic E-state index is 14.1. The van der Waals surface area contributed by atoms with Crippen molar-refractivity contribution < 1.29 is 37.0 Å². The zero-order valence-electron chi connectivity index (χ0n) is 31.7. The molecule has 7 rings (SSSR count). The van der Waals surface area contributed by atoms with Gasteiger partial charge in [-0.2, -0.15) is 13.3 Å². The van der Waals surface area contributed by atoms with Crippen LogP contribution in [0, 0.1) is 0 Å². The summed E-state index contributed by atoms with van der Waals surface area (Å²) >= 11 is 0. The number of carbonyl (C=O) groups excluding carboxylic acids is 2. The number of unbranched alkanes of at least 4 members (excludes halogenated alkanes) is 3. The first-order valence-electron chi connectivity index (χ1n) is 18.8. The van der Waals surface area contributed by atoms with Crippen molar-refractivity contribution in [2.24, 2.45) is 0 Å². The van der Waals surface area contributed by atoms with Crippen LogP contribution in [0.2, 0.25) is 0 Å². The van der Waals surface area contributed by atoms with Crippen LogP contribution < -0.4 is 5.06 Å². The largest absolute Gasteiger partial charge is 0.506 e. The minimum atomic E-state index is -4.00. The van der Waals surface area contributed by atoms with Crippen LogP contribution in [0.5, 0.6) is 0 Å². The van der Waals surface area contributed by atoms with Crippen LogP contribution in [0.1, 0.15) is 91.2 Å². The van der Waals surface area contributed by atoms with Gasteiger partial charge in [0.2, 0.25) is 11.5 Å². The number of hydrogen-bond donors (Lipinski definition) is 1. The molecule has 0 radical (unpaired) electrons. The van der Waals surface area contributed by atoms with Crippen LogP contribution in [0.3, 0.4) is 0 Å². The summed E-state index contributed by atoms with van der Waals surface area (Å²) in [4.78, 5) is 33.4. The second-order valence-corrected chi connectivity index (χ2v) is 17.0. The van der Waals surface area contributed by atoms with Crippen molar-refractivity contribution in [2.45, 2.75) is 90.9 Å². The Morgan fingerprint density at radius 2 is 1.44 bits per heavy atom. The third-order valence-electron chi connectivity index (χ3n) is 10.9. The van der Waals surface area contributed by atoms with Gasteiger partial charge < -0.3 is 5.11 Å². The summed E-state index contributed by atoms with van der Waals surface area (Å²) in [6, 6.07) is 23.5. The standard InChI is InChI=1S/C44H46N2O7S/c1-7-9-11-20-38(47)52-45-34-23-21-28-16-12-14-18-30(28)39(34)43(3,4)36(45)26-32-41(48)33(42(32)49)27-37-44(5,6)40-31-19-15-13-17-29(31)22-24-35(40)46(37)53-54(50,51)25-10-8-2/h12-19,21-24,26-27H,7-11,20,25H2,1-6H3/p+1. The minimum Gasteiger partial charge on any atom is -0.506 e. The molecule has 0 saturated carbocycles. The molecule has 3 aliphatic rings. The summed E-state index contributed by atoms with van der Waals surface area (Å²) in [5.41, 5.74) is 2.53. The van der Waals surface area contributed by atoms with Gasteiger partial charge in [0.1, 0.15) is 5.76 Å². The summed E-state index contributed by atoms with van der Waals surface area (Å²) in [6.07, 6.45) is 7.07. The van der Waals surface area contributed by atoms with E-state index in [0.29, 0.717) is 42.0 Å². The van der Waals surface area contributed by atoms with Gasteiger partial charge in [0.15, 0.2) is 0 Å². The van der Waals surface area contributed by atoms with Crippen LogP contribution in [0.4, 0.5) is 11.4 Å². The quantitative estimate of drug-likeness (QED) is 0.0660. The zero-order valence-corrected chi connectivity index (χ0v) is 32.5. The lowest BCUT2D eigenvalue weighted by Gasteiger charge is -2.28. The molecule has 10 heteroatoms. The maximum Gasteiger partial charge on any atom is 0.380 e. The molecule has 54 heavy (non-hydrogen) atoms. The number of allylic oxidation sites excluding steroid dienone is 5. The molecule has 9 nitrogen and oxygen atoms in total. The number of ketones is 1. The van der Waals surface area contributed by atoms with Crippen molar-refractivity contribution in [3.63, 3.8) is 0 Å². The molecule has 0 unspecified atom stereocenters. The van der Waals surface area contributed by atoms with Crippen LogP contribution in [0.15, 0.2) is 108 Å².